The van der Waals surface area contributed by atoms with Crippen molar-refractivity contribution in [2.45, 2.75) is 33.7 Å². The molecule has 1 saturated heterocycles. The molecule has 1 aliphatic heterocycles. The first-order chi connectivity index (χ1) is 12.2. The van der Waals surface area contributed by atoms with E-state index in [1.165, 1.54) is 11.5 Å². The van der Waals surface area contributed by atoms with Gasteiger partial charge in [-0.1, -0.05) is 6.92 Å². The van der Waals surface area contributed by atoms with Crippen molar-refractivity contribution in [1.82, 2.24) is 29.8 Å². The van der Waals surface area contributed by atoms with Crippen molar-refractivity contribution in [1.29, 1.82) is 0 Å². The zero-order valence-corrected chi connectivity index (χ0v) is 15.9. The van der Waals surface area contributed by atoms with Crippen molar-refractivity contribution in [2.24, 2.45) is 4.99 Å². The molecule has 0 radical (unpaired) electrons. The number of aliphatic imine (C=N–C) groups is 1. The molecule has 3 rings (SSSR count). The molecule has 3 heterocycles. The second-order valence-corrected chi connectivity index (χ2v) is 6.74. The number of piperazine rings is 1. The van der Waals surface area contributed by atoms with Gasteiger partial charge in [0, 0.05) is 61.9 Å². The van der Waals surface area contributed by atoms with Gasteiger partial charge in [0.15, 0.2) is 5.96 Å². The summed E-state index contributed by atoms with van der Waals surface area (Å²) < 4.78 is 4.39. The summed E-state index contributed by atoms with van der Waals surface area (Å²) in [6, 6.07) is 0. The van der Waals surface area contributed by atoms with Crippen molar-refractivity contribution in [3.63, 3.8) is 0 Å². The van der Waals surface area contributed by atoms with Gasteiger partial charge in [0.1, 0.15) is 5.82 Å². The maximum atomic E-state index is 4.78. The van der Waals surface area contributed by atoms with E-state index in [-0.39, 0.29) is 0 Å². The Morgan fingerprint density at radius 1 is 1.32 bits per heavy atom. The zero-order valence-electron chi connectivity index (χ0n) is 15.1. The van der Waals surface area contributed by atoms with Gasteiger partial charge in [-0.15, -0.1) is 0 Å². The van der Waals surface area contributed by atoms with E-state index in [1.807, 2.05) is 13.1 Å². The summed E-state index contributed by atoms with van der Waals surface area (Å²) in [5.41, 5.74) is 2.21. The number of nitrogens with one attached hydrogen (secondary N) is 2. The van der Waals surface area contributed by atoms with Crippen molar-refractivity contribution in [2.75, 3.05) is 37.6 Å². The minimum absolute atomic E-state index is 0.640. The summed E-state index contributed by atoms with van der Waals surface area (Å²) in [4.78, 5) is 14.0. The lowest BCUT2D eigenvalue weighted by atomic mass is 10.3. The van der Waals surface area contributed by atoms with Crippen LogP contribution in [0.3, 0.4) is 0 Å². The molecule has 0 aliphatic carbocycles. The van der Waals surface area contributed by atoms with E-state index in [0.717, 1.165) is 67.3 Å². The Bertz CT molecular complexity index is 699. The fourth-order valence-corrected chi connectivity index (χ4v) is 3.55. The Kier molecular flexibility index (Phi) is 5.85. The standard InChI is InChI=1S/C16H26N8S/c1-4-14-20-16(25-22-14)24-8-6-23(7-9-24)15(17-5-2)18-10-13-11-19-21-12(13)3/h11H,4-10H2,1-3H3,(H,17,18)(H,19,21). The summed E-state index contributed by atoms with van der Waals surface area (Å²) in [5, 5.41) is 11.5. The molecular formula is C16H26N8S. The smallest absolute Gasteiger partial charge is 0.205 e. The van der Waals surface area contributed by atoms with Crippen LogP contribution in [0.1, 0.15) is 30.9 Å². The fourth-order valence-electron chi connectivity index (χ4n) is 2.75. The van der Waals surface area contributed by atoms with E-state index in [4.69, 9.17) is 4.99 Å². The van der Waals surface area contributed by atoms with Gasteiger partial charge < -0.3 is 15.1 Å². The quantitative estimate of drug-likeness (QED) is 0.618. The topological polar surface area (TPSA) is 85.3 Å². The molecule has 2 aromatic rings. The Morgan fingerprint density at radius 2 is 2.12 bits per heavy atom. The summed E-state index contributed by atoms with van der Waals surface area (Å²) in [6.07, 6.45) is 2.74. The highest BCUT2D eigenvalue weighted by Crippen LogP contribution is 2.19. The number of anilines is 1. The second-order valence-electron chi connectivity index (χ2n) is 6.01. The number of hydrogen-bond donors (Lipinski definition) is 2. The van der Waals surface area contributed by atoms with Gasteiger partial charge in [-0.2, -0.15) is 9.47 Å². The molecule has 0 atom stereocenters. The molecule has 8 nitrogen and oxygen atoms in total. The molecule has 0 aromatic carbocycles. The van der Waals surface area contributed by atoms with Crippen LogP contribution in [-0.2, 0) is 13.0 Å². The van der Waals surface area contributed by atoms with E-state index in [1.54, 1.807) is 0 Å². The molecular weight excluding hydrogens is 336 g/mol. The number of aryl methyl sites for hydroxylation is 2. The van der Waals surface area contributed by atoms with Crippen LogP contribution in [0.4, 0.5) is 5.13 Å². The number of aromatic nitrogens is 4. The Morgan fingerprint density at radius 3 is 2.72 bits per heavy atom. The van der Waals surface area contributed by atoms with Crippen LogP contribution >= 0.6 is 11.5 Å². The Hall–Kier alpha value is -2.16. The van der Waals surface area contributed by atoms with E-state index in [0.29, 0.717) is 6.54 Å². The van der Waals surface area contributed by atoms with Crippen molar-refractivity contribution in [3.05, 3.63) is 23.3 Å². The molecule has 1 aliphatic rings. The van der Waals surface area contributed by atoms with Gasteiger partial charge in [0.05, 0.1) is 12.7 Å². The highest BCUT2D eigenvalue weighted by atomic mass is 32.1. The molecule has 0 spiro atoms. The molecule has 1 fully saturated rings. The maximum absolute atomic E-state index is 4.78. The number of H-pyrrole nitrogens is 1. The SMILES string of the molecule is CCNC(=NCc1cn[nH]c1C)N1CCN(c2nc(CC)ns2)CC1. The van der Waals surface area contributed by atoms with Gasteiger partial charge in [-0.05, 0) is 13.8 Å². The monoisotopic (exact) mass is 362 g/mol. The predicted octanol–water partition coefficient (Wildman–Crippen LogP) is 1.42. The molecule has 25 heavy (non-hydrogen) atoms. The number of rotatable bonds is 5. The average molecular weight is 363 g/mol. The molecule has 2 aromatic heterocycles. The van der Waals surface area contributed by atoms with Crippen LogP contribution in [0.2, 0.25) is 0 Å². The van der Waals surface area contributed by atoms with E-state index in [2.05, 4.69) is 48.5 Å². The minimum atomic E-state index is 0.640. The third-order valence-corrected chi connectivity index (χ3v) is 5.11. The highest BCUT2D eigenvalue weighted by Gasteiger charge is 2.22. The van der Waals surface area contributed by atoms with Crippen LogP contribution in [0.15, 0.2) is 11.2 Å². The first-order valence-electron chi connectivity index (χ1n) is 8.80. The van der Waals surface area contributed by atoms with Gasteiger partial charge in [0.2, 0.25) is 5.13 Å². The Balaban J connectivity index is 1.61. The first kappa shape index (κ1) is 17.7. The van der Waals surface area contributed by atoms with Crippen LogP contribution in [0, 0.1) is 6.92 Å². The fraction of sp³-hybridized carbons (Fsp3) is 0.625. The third kappa shape index (κ3) is 4.28. The lowest BCUT2D eigenvalue weighted by Gasteiger charge is -2.36. The maximum Gasteiger partial charge on any atom is 0.205 e. The van der Waals surface area contributed by atoms with Crippen molar-refractivity contribution >= 4 is 22.6 Å². The number of nitrogens with zero attached hydrogens (tertiary/aromatic N) is 6. The molecule has 0 saturated carbocycles. The highest BCUT2D eigenvalue weighted by molar-refractivity contribution is 7.09. The number of guanidine groups is 1. The lowest BCUT2D eigenvalue weighted by Crippen LogP contribution is -2.52. The average Bonchev–Trinajstić information content (AvgIpc) is 3.28. The summed E-state index contributed by atoms with van der Waals surface area (Å²) >= 11 is 1.50. The lowest BCUT2D eigenvalue weighted by molar-refractivity contribution is 0.372. The van der Waals surface area contributed by atoms with Crippen molar-refractivity contribution < 1.29 is 0 Å². The van der Waals surface area contributed by atoms with E-state index >= 15 is 0 Å². The van der Waals surface area contributed by atoms with Crippen LogP contribution < -0.4 is 10.2 Å². The summed E-state index contributed by atoms with van der Waals surface area (Å²) in [6.45, 7) is 11.4. The van der Waals surface area contributed by atoms with E-state index in [9.17, 15) is 0 Å². The number of aromatic amines is 1. The minimum Gasteiger partial charge on any atom is -0.357 e. The van der Waals surface area contributed by atoms with Crippen molar-refractivity contribution in [3.8, 4) is 0 Å². The van der Waals surface area contributed by atoms with E-state index < -0.39 is 0 Å². The van der Waals surface area contributed by atoms with Gasteiger partial charge in [0.25, 0.3) is 0 Å². The van der Waals surface area contributed by atoms with Gasteiger partial charge in [-0.25, -0.2) is 9.98 Å². The normalized spacial score (nSPS) is 15.7. The summed E-state index contributed by atoms with van der Waals surface area (Å²) in [7, 11) is 0. The molecule has 9 heteroatoms. The predicted molar refractivity (Wildman–Crippen MR) is 101 cm³/mol. The van der Waals surface area contributed by atoms with Crippen LogP contribution in [0.25, 0.3) is 0 Å². The largest absolute Gasteiger partial charge is 0.357 e. The zero-order chi connectivity index (χ0) is 17.6. The Labute approximate surface area is 152 Å². The molecule has 0 amide bonds. The molecule has 2 N–H and O–H groups in total. The molecule has 0 bridgehead atoms. The van der Waals surface area contributed by atoms with Crippen LogP contribution in [0.5, 0.6) is 0 Å². The first-order valence-corrected chi connectivity index (χ1v) is 9.58. The van der Waals surface area contributed by atoms with Gasteiger partial charge in [-0.3, -0.25) is 5.10 Å². The molecule has 136 valence electrons. The summed E-state index contributed by atoms with van der Waals surface area (Å²) in [5.74, 6) is 1.90. The third-order valence-electron chi connectivity index (χ3n) is 4.29. The van der Waals surface area contributed by atoms with Crippen LogP contribution in [-0.4, -0.2) is 63.1 Å². The second kappa shape index (κ2) is 8.28. The molecule has 0 unspecified atom stereocenters. The number of hydrogen-bond acceptors (Lipinski definition) is 6. The van der Waals surface area contributed by atoms with Gasteiger partial charge >= 0.3 is 0 Å².